The molecule has 1 N–H and O–H groups in total. The summed E-state index contributed by atoms with van der Waals surface area (Å²) in [5.41, 5.74) is 5.35. The van der Waals surface area contributed by atoms with Crippen LogP contribution in [0.4, 0.5) is 11.4 Å². The highest BCUT2D eigenvalue weighted by atomic mass is 16.1. The average Bonchev–Trinajstić information content (AvgIpc) is 2.64. The van der Waals surface area contributed by atoms with Gasteiger partial charge in [-0.2, -0.15) is 0 Å². The number of allylic oxidation sites excluding steroid dienone is 1. The predicted molar refractivity (Wildman–Crippen MR) is 112 cm³/mol. The van der Waals surface area contributed by atoms with Gasteiger partial charge in [-0.3, -0.25) is 4.79 Å². The van der Waals surface area contributed by atoms with Crippen LogP contribution in [0.2, 0.25) is 0 Å². The Morgan fingerprint density at radius 3 is 2.27 bits per heavy atom. The normalized spacial score (nSPS) is 11.2. The lowest BCUT2D eigenvalue weighted by Crippen LogP contribution is -2.21. The molecule has 0 aliphatic heterocycles. The molecule has 0 unspecified atom stereocenters. The standard InChI is InChI=1S/C23H30N2O/c1-6-25(7-2)21-12-13-22(18(5)16-21)24-15-14-23(26)20-10-8-19(9-11-20)17(3)4/h8-17,24H,6-7H2,1-5H3. The van der Waals surface area contributed by atoms with Gasteiger partial charge in [-0.25, -0.2) is 0 Å². The number of carbonyl (C=O) groups is 1. The molecule has 138 valence electrons. The summed E-state index contributed by atoms with van der Waals surface area (Å²) in [5, 5.41) is 3.23. The third-order valence-corrected chi connectivity index (χ3v) is 4.67. The van der Waals surface area contributed by atoms with Crippen LogP contribution in [0, 0.1) is 6.92 Å². The van der Waals surface area contributed by atoms with E-state index in [1.807, 2.05) is 24.3 Å². The Morgan fingerprint density at radius 1 is 1.08 bits per heavy atom. The number of nitrogens with zero attached hydrogens (tertiary/aromatic N) is 1. The molecule has 3 heteroatoms. The smallest absolute Gasteiger partial charge is 0.187 e. The van der Waals surface area contributed by atoms with Gasteiger partial charge in [0.05, 0.1) is 0 Å². The number of nitrogens with one attached hydrogen (secondary N) is 1. The van der Waals surface area contributed by atoms with Crippen LogP contribution < -0.4 is 10.2 Å². The first kappa shape index (κ1) is 19.8. The number of benzene rings is 2. The van der Waals surface area contributed by atoms with E-state index in [4.69, 9.17) is 0 Å². The Bertz CT molecular complexity index is 756. The van der Waals surface area contributed by atoms with Crippen molar-refractivity contribution in [2.24, 2.45) is 0 Å². The number of rotatable bonds is 8. The van der Waals surface area contributed by atoms with E-state index in [0.29, 0.717) is 11.5 Å². The fourth-order valence-corrected chi connectivity index (χ4v) is 2.93. The van der Waals surface area contributed by atoms with Crippen LogP contribution in [0.15, 0.2) is 54.7 Å². The molecule has 0 aromatic heterocycles. The van der Waals surface area contributed by atoms with Crippen molar-refractivity contribution in [2.45, 2.75) is 40.5 Å². The molecule has 26 heavy (non-hydrogen) atoms. The lowest BCUT2D eigenvalue weighted by Gasteiger charge is -2.22. The van der Waals surface area contributed by atoms with Crippen molar-refractivity contribution in [1.82, 2.24) is 0 Å². The van der Waals surface area contributed by atoms with Crippen molar-refractivity contribution in [3.63, 3.8) is 0 Å². The number of anilines is 2. The summed E-state index contributed by atoms with van der Waals surface area (Å²) < 4.78 is 0. The Morgan fingerprint density at radius 2 is 1.73 bits per heavy atom. The molecule has 3 nitrogen and oxygen atoms in total. The van der Waals surface area contributed by atoms with Crippen molar-refractivity contribution in [1.29, 1.82) is 0 Å². The minimum Gasteiger partial charge on any atom is -0.372 e. The van der Waals surface area contributed by atoms with Crippen LogP contribution in [0.1, 0.15) is 55.1 Å². The number of carbonyl (C=O) groups excluding carboxylic acids is 1. The number of aryl methyl sites for hydroxylation is 1. The highest BCUT2D eigenvalue weighted by molar-refractivity contribution is 6.04. The van der Waals surface area contributed by atoms with Gasteiger partial charge >= 0.3 is 0 Å². The Hall–Kier alpha value is -2.55. The fourth-order valence-electron chi connectivity index (χ4n) is 2.93. The predicted octanol–water partition coefficient (Wildman–Crippen LogP) is 5.77. The van der Waals surface area contributed by atoms with Gasteiger partial charge in [-0.1, -0.05) is 38.1 Å². The molecule has 0 fully saturated rings. The quantitative estimate of drug-likeness (QED) is 0.484. The molecule has 0 saturated heterocycles. The molecule has 0 amide bonds. The van der Waals surface area contributed by atoms with Gasteiger partial charge in [-0.15, -0.1) is 0 Å². The van der Waals surface area contributed by atoms with Gasteiger partial charge in [0, 0.05) is 42.3 Å². The lowest BCUT2D eigenvalue weighted by atomic mass is 10.0. The average molecular weight is 351 g/mol. The van der Waals surface area contributed by atoms with Crippen molar-refractivity contribution >= 4 is 17.2 Å². The number of ketones is 1. The summed E-state index contributed by atoms with van der Waals surface area (Å²) in [5.74, 6) is 0.476. The molecule has 0 aliphatic rings. The summed E-state index contributed by atoms with van der Waals surface area (Å²) >= 11 is 0. The van der Waals surface area contributed by atoms with Crippen molar-refractivity contribution in [3.05, 3.63) is 71.4 Å². The molecule has 0 atom stereocenters. The zero-order chi connectivity index (χ0) is 19.1. The Labute approximate surface area is 157 Å². The summed E-state index contributed by atoms with van der Waals surface area (Å²) in [6.07, 6.45) is 3.31. The molecular formula is C23H30N2O. The lowest BCUT2D eigenvalue weighted by molar-refractivity contribution is 0.104. The second-order valence-electron chi connectivity index (χ2n) is 6.79. The minimum atomic E-state index is 0.00483. The summed E-state index contributed by atoms with van der Waals surface area (Å²) in [6.45, 7) is 12.7. The van der Waals surface area contributed by atoms with Crippen molar-refractivity contribution in [3.8, 4) is 0 Å². The molecule has 0 aliphatic carbocycles. The van der Waals surface area contributed by atoms with E-state index in [-0.39, 0.29) is 5.78 Å². The highest BCUT2D eigenvalue weighted by Gasteiger charge is 2.05. The second kappa shape index (κ2) is 9.23. The molecular weight excluding hydrogens is 320 g/mol. The largest absolute Gasteiger partial charge is 0.372 e. The first-order valence-electron chi connectivity index (χ1n) is 9.39. The van der Waals surface area contributed by atoms with Crippen LogP contribution >= 0.6 is 0 Å². The van der Waals surface area contributed by atoms with E-state index in [1.165, 1.54) is 11.3 Å². The summed E-state index contributed by atoms with van der Waals surface area (Å²) in [7, 11) is 0. The monoisotopic (exact) mass is 350 g/mol. The van der Waals surface area contributed by atoms with Gasteiger partial charge in [-0.05, 0) is 56.0 Å². The van der Waals surface area contributed by atoms with E-state index in [2.05, 4.69) is 63.0 Å². The van der Waals surface area contributed by atoms with E-state index in [9.17, 15) is 4.79 Å². The summed E-state index contributed by atoms with van der Waals surface area (Å²) in [4.78, 5) is 14.6. The fraction of sp³-hybridized carbons (Fsp3) is 0.348. The number of hydrogen-bond donors (Lipinski definition) is 1. The topological polar surface area (TPSA) is 32.3 Å². The van der Waals surface area contributed by atoms with E-state index < -0.39 is 0 Å². The zero-order valence-corrected chi connectivity index (χ0v) is 16.5. The zero-order valence-electron chi connectivity index (χ0n) is 16.5. The molecule has 0 saturated carbocycles. The van der Waals surface area contributed by atoms with Crippen molar-refractivity contribution < 1.29 is 4.79 Å². The Balaban J connectivity index is 2.02. The SMILES string of the molecule is CCN(CC)c1ccc(NC=CC(=O)c2ccc(C(C)C)cc2)c(C)c1. The second-order valence-corrected chi connectivity index (χ2v) is 6.79. The minimum absolute atomic E-state index is 0.00483. The van der Waals surface area contributed by atoms with E-state index in [0.717, 1.165) is 24.3 Å². The van der Waals surface area contributed by atoms with Gasteiger partial charge in [0.15, 0.2) is 5.78 Å². The van der Waals surface area contributed by atoms with E-state index in [1.54, 1.807) is 12.3 Å². The first-order valence-corrected chi connectivity index (χ1v) is 9.39. The van der Waals surface area contributed by atoms with Crippen LogP contribution in [0.3, 0.4) is 0 Å². The molecule has 2 aromatic carbocycles. The molecule has 2 rings (SSSR count). The molecule has 2 aromatic rings. The van der Waals surface area contributed by atoms with Crippen LogP contribution in [-0.2, 0) is 0 Å². The summed E-state index contributed by atoms with van der Waals surface area (Å²) in [6, 6.07) is 14.2. The highest BCUT2D eigenvalue weighted by Crippen LogP contribution is 2.22. The molecule has 0 radical (unpaired) electrons. The van der Waals surface area contributed by atoms with Crippen molar-refractivity contribution in [2.75, 3.05) is 23.3 Å². The van der Waals surface area contributed by atoms with E-state index >= 15 is 0 Å². The maximum absolute atomic E-state index is 12.3. The van der Waals surface area contributed by atoms with Gasteiger partial charge in [0.2, 0.25) is 0 Å². The molecule has 0 heterocycles. The van der Waals surface area contributed by atoms with Gasteiger partial charge in [0.1, 0.15) is 0 Å². The van der Waals surface area contributed by atoms with Gasteiger partial charge < -0.3 is 10.2 Å². The maximum atomic E-state index is 12.3. The maximum Gasteiger partial charge on any atom is 0.187 e. The van der Waals surface area contributed by atoms with Gasteiger partial charge in [0.25, 0.3) is 0 Å². The Kier molecular flexibility index (Phi) is 7.02. The molecule has 0 spiro atoms. The van der Waals surface area contributed by atoms with Crippen LogP contribution in [-0.4, -0.2) is 18.9 Å². The molecule has 0 bridgehead atoms. The first-order chi connectivity index (χ1) is 12.5. The number of hydrogen-bond acceptors (Lipinski definition) is 3. The third kappa shape index (κ3) is 4.98. The third-order valence-electron chi connectivity index (χ3n) is 4.67. The van der Waals surface area contributed by atoms with Crippen LogP contribution in [0.25, 0.3) is 0 Å². The van der Waals surface area contributed by atoms with Crippen LogP contribution in [0.5, 0.6) is 0 Å².